The largest absolute Gasteiger partial charge is 0.395 e. The van der Waals surface area contributed by atoms with Gasteiger partial charge in [-0.25, -0.2) is 0 Å². The van der Waals surface area contributed by atoms with E-state index in [1.54, 1.807) is 6.07 Å². The molecule has 3 rings (SSSR count). The topological polar surface area (TPSA) is 75.1 Å². The molecule has 2 aromatic heterocycles. The number of aliphatic hydroxyl groups is 1. The fourth-order valence-corrected chi connectivity index (χ4v) is 3.13. The molecule has 0 fully saturated rings. The first-order valence-electron chi connectivity index (χ1n) is 6.49. The normalized spacial score (nSPS) is 11.4. The SMILES string of the molecule is Cc1c(C=O)c2c3c(Cl)cc(=O)[nH]c3ccc2n1CCO. The average molecular weight is 305 g/mol. The third-order valence-corrected chi connectivity index (χ3v) is 4.03. The van der Waals surface area contributed by atoms with Gasteiger partial charge in [-0.05, 0) is 19.1 Å². The van der Waals surface area contributed by atoms with E-state index in [2.05, 4.69) is 4.98 Å². The van der Waals surface area contributed by atoms with Crippen LogP contribution in [0.3, 0.4) is 0 Å². The number of aromatic amines is 1. The van der Waals surface area contributed by atoms with Gasteiger partial charge >= 0.3 is 0 Å². The minimum Gasteiger partial charge on any atom is -0.395 e. The number of carbonyl (C=O) groups is 1. The van der Waals surface area contributed by atoms with Gasteiger partial charge in [0.15, 0.2) is 6.29 Å². The van der Waals surface area contributed by atoms with Gasteiger partial charge in [-0.2, -0.15) is 0 Å². The van der Waals surface area contributed by atoms with Crippen LogP contribution in [0.4, 0.5) is 0 Å². The van der Waals surface area contributed by atoms with Crippen molar-refractivity contribution < 1.29 is 9.90 Å². The van der Waals surface area contributed by atoms with Gasteiger partial charge in [-0.15, -0.1) is 0 Å². The molecule has 0 aliphatic carbocycles. The summed E-state index contributed by atoms with van der Waals surface area (Å²) >= 11 is 6.21. The molecule has 5 nitrogen and oxygen atoms in total. The molecule has 0 spiro atoms. The maximum Gasteiger partial charge on any atom is 0.249 e. The Hall–Kier alpha value is -2.11. The number of benzene rings is 1. The first-order valence-corrected chi connectivity index (χ1v) is 6.86. The third kappa shape index (κ3) is 1.97. The van der Waals surface area contributed by atoms with E-state index in [0.717, 1.165) is 17.5 Å². The number of rotatable bonds is 3. The lowest BCUT2D eigenvalue weighted by Crippen LogP contribution is -2.05. The predicted molar refractivity (Wildman–Crippen MR) is 82.3 cm³/mol. The van der Waals surface area contributed by atoms with E-state index in [1.165, 1.54) is 6.07 Å². The molecule has 108 valence electrons. The van der Waals surface area contributed by atoms with Gasteiger partial charge in [0.05, 0.1) is 17.1 Å². The first-order chi connectivity index (χ1) is 10.1. The molecule has 2 N–H and O–H groups in total. The summed E-state index contributed by atoms with van der Waals surface area (Å²) in [5.74, 6) is 0. The summed E-state index contributed by atoms with van der Waals surface area (Å²) in [5, 5.41) is 10.9. The number of aldehydes is 1. The quantitative estimate of drug-likeness (QED) is 0.729. The number of halogens is 1. The summed E-state index contributed by atoms with van der Waals surface area (Å²) in [4.78, 5) is 25.7. The lowest BCUT2D eigenvalue weighted by Gasteiger charge is -2.06. The molecule has 0 radical (unpaired) electrons. The molecule has 3 aromatic rings. The van der Waals surface area contributed by atoms with Crippen molar-refractivity contribution in [3.8, 4) is 0 Å². The fraction of sp³-hybridized carbons (Fsp3) is 0.200. The zero-order chi connectivity index (χ0) is 15.1. The summed E-state index contributed by atoms with van der Waals surface area (Å²) in [7, 11) is 0. The Morgan fingerprint density at radius 3 is 2.81 bits per heavy atom. The highest BCUT2D eigenvalue weighted by Crippen LogP contribution is 2.34. The highest BCUT2D eigenvalue weighted by Gasteiger charge is 2.17. The summed E-state index contributed by atoms with van der Waals surface area (Å²) in [6, 6.07) is 4.88. The highest BCUT2D eigenvalue weighted by atomic mass is 35.5. The van der Waals surface area contributed by atoms with Gasteiger partial charge < -0.3 is 14.7 Å². The van der Waals surface area contributed by atoms with Crippen molar-refractivity contribution in [3.63, 3.8) is 0 Å². The number of nitrogens with one attached hydrogen (secondary N) is 1. The number of carbonyl (C=O) groups excluding carboxylic acids is 1. The highest BCUT2D eigenvalue weighted by molar-refractivity contribution is 6.38. The number of H-pyrrole nitrogens is 1. The molecule has 0 atom stereocenters. The zero-order valence-electron chi connectivity index (χ0n) is 11.3. The standard InChI is InChI=1S/C15H13ClN2O3/c1-8-9(7-20)14-12(18(8)4-5-19)3-2-11-15(14)10(16)6-13(21)17-11/h2-3,6-7,19H,4-5H2,1H3,(H,17,21). The molecule has 0 unspecified atom stereocenters. The molecule has 21 heavy (non-hydrogen) atoms. The Morgan fingerprint density at radius 1 is 1.38 bits per heavy atom. The molecule has 0 amide bonds. The predicted octanol–water partition coefficient (Wildman–Crippen LogP) is 2.25. The lowest BCUT2D eigenvalue weighted by molar-refractivity contribution is 0.112. The molecular formula is C15H13ClN2O3. The van der Waals surface area contributed by atoms with Gasteiger partial charge in [0, 0.05) is 40.2 Å². The van der Waals surface area contributed by atoms with Crippen molar-refractivity contribution in [3.05, 3.63) is 44.8 Å². The summed E-state index contributed by atoms with van der Waals surface area (Å²) in [6.07, 6.45) is 0.784. The number of aromatic nitrogens is 2. The van der Waals surface area contributed by atoms with Gasteiger partial charge in [-0.1, -0.05) is 11.6 Å². The van der Waals surface area contributed by atoms with Crippen LogP contribution in [0.5, 0.6) is 0 Å². The number of nitrogens with zero attached hydrogens (tertiary/aromatic N) is 1. The number of hydrogen-bond donors (Lipinski definition) is 2. The number of fused-ring (bicyclic) bond motifs is 3. The minimum atomic E-state index is -0.286. The third-order valence-electron chi connectivity index (χ3n) is 3.73. The van der Waals surface area contributed by atoms with Crippen molar-refractivity contribution in [2.45, 2.75) is 13.5 Å². The Labute approximate surface area is 124 Å². The minimum absolute atomic E-state index is 0.0275. The molecular weight excluding hydrogens is 292 g/mol. The molecule has 0 bridgehead atoms. The van der Waals surface area contributed by atoms with Gasteiger partial charge in [0.25, 0.3) is 0 Å². The first kappa shape index (κ1) is 13.9. The van der Waals surface area contributed by atoms with Crippen molar-refractivity contribution in [2.24, 2.45) is 0 Å². The van der Waals surface area contributed by atoms with E-state index >= 15 is 0 Å². The van der Waals surface area contributed by atoms with Crippen molar-refractivity contribution >= 4 is 39.7 Å². The molecule has 0 saturated carbocycles. The van der Waals surface area contributed by atoms with Crippen molar-refractivity contribution in [1.82, 2.24) is 9.55 Å². The van der Waals surface area contributed by atoms with E-state index in [4.69, 9.17) is 11.6 Å². The van der Waals surface area contributed by atoms with E-state index in [1.807, 2.05) is 17.6 Å². The van der Waals surface area contributed by atoms with Crippen LogP contribution >= 0.6 is 11.6 Å². The van der Waals surface area contributed by atoms with Gasteiger partial charge in [0.1, 0.15) is 0 Å². The molecule has 0 aliphatic heterocycles. The zero-order valence-corrected chi connectivity index (χ0v) is 12.1. The van der Waals surface area contributed by atoms with Crippen LogP contribution in [-0.4, -0.2) is 27.6 Å². The van der Waals surface area contributed by atoms with E-state index in [-0.39, 0.29) is 12.2 Å². The Bertz CT molecular complexity index is 924. The van der Waals surface area contributed by atoms with Crippen LogP contribution in [0, 0.1) is 6.92 Å². The van der Waals surface area contributed by atoms with Crippen LogP contribution in [0.25, 0.3) is 21.8 Å². The maximum absolute atomic E-state index is 11.5. The monoisotopic (exact) mass is 304 g/mol. The number of aliphatic hydroxyl groups excluding tert-OH is 1. The summed E-state index contributed by atoms with van der Waals surface area (Å²) in [5.41, 5.74) is 2.40. The van der Waals surface area contributed by atoms with Crippen LogP contribution in [0.1, 0.15) is 16.1 Å². The Kier molecular flexibility index (Phi) is 3.31. The molecule has 2 heterocycles. The molecule has 6 heteroatoms. The second-order valence-electron chi connectivity index (χ2n) is 4.86. The second kappa shape index (κ2) is 5.02. The molecule has 0 aliphatic rings. The van der Waals surface area contributed by atoms with Crippen LogP contribution in [0.2, 0.25) is 5.02 Å². The summed E-state index contributed by atoms with van der Waals surface area (Å²) < 4.78 is 1.87. The smallest absolute Gasteiger partial charge is 0.249 e. The Morgan fingerprint density at radius 2 is 2.14 bits per heavy atom. The average Bonchev–Trinajstić information content (AvgIpc) is 2.71. The van der Waals surface area contributed by atoms with Gasteiger partial charge in [0.2, 0.25) is 5.56 Å². The molecule has 1 aromatic carbocycles. The Balaban J connectivity index is 2.58. The van der Waals surface area contributed by atoms with Crippen molar-refractivity contribution in [2.75, 3.05) is 6.61 Å². The maximum atomic E-state index is 11.5. The fourth-order valence-electron chi connectivity index (χ4n) is 2.84. The van der Waals surface area contributed by atoms with Crippen LogP contribution in [-0.2, 0) is 6.54 Å². The van der Waals surface area contributed by atoms with E-state index < -0.39 is 0 Å². The van der Waals surface area contributed by atoms with Crippen molar-refractivity contribution in [1.29, 1.82) is 0 Å². The second-order valence-corrected chi connectivity index (χ2v) is 5.26. The van der Waals surface area contributed by atoms with E-state index in [0.29, 0.717) is 33.4 Å². The van der Waals surface area contributed by atoms with E-state index in [9.17, 15) is 14.7 Å². The van der Waals surface area contributed by atoms with Crippen LogP contribution < -0.4 is 5.56 Å². The van der Waals surface area contributed by atoms with Gasteiger partial charge in [-0.3, -0.25) is 9.59 Å². The number of pyridine rings is 1. The molecule has 0 saturated heterocycles. The number of hydrogen-bond acceptors (Lipinski definition) is 3. The summed E-state index contributed by atoms with van der Waals surface area (Å²) in [6.45, 7) is 2.19. The van der Waals surface area contributed by atoms with Crippen LogP contribution in [0.15, 0.2) is 23.0 Å². The lowest BCUT2D eigenvalue weighted by atomic mass is 10.1.